The summed E-state index contributed by atoms with van der Waals surface area (Å²) < 4.78 is 0. The van der Waals surface area contributed by atoms with E-state index in [0.29, 0.717) is 0 Å². The zero-order chi connectivity index (χ0) is 8.81. The number of aromatic nitrogens is 2. The second kappa shape index (κ2) is 5.00. The van der Waals surface area contributed by atoms with Crippen LogP contribution in [0.3, 0.4) is 0 Å². The van der Waals surface area contributed by atoms with Crippen molar-refractivity contribution in [3.05, 3.63) is 33.2 Å². The summed E-state index contributed by atoms with van der Waals surface area (Å²) in [6, 6.07) is 0. The predicted molar refractivity (Wildman–Crippen MR) is 53.7 cm³/mol. The highest BCUT2D eigenvalue weighted by Crippen LogP contribution is 1.98. The van der Waals surface area contributed by atoms with Crippen molar-refractivity contribution in [1.82, 2.24) is 9.97 Å². The van der Waals surface area contributed by atoms with Gasteiger partial charge in [-0.05, 0) is 13.8 Å². The first-order valence-corrected chi connectivity index (χ1v) is 5.27. The van der Waals surface area contributed by atoms with Crippen molar-refractivity contribution in [3.63, 3.8) is 0 Å². The molecule has 0 spiro atoms. The summed E-state index contributed by atoms with van der Waals surface area (Å²) in [5.41, 5.74) is 0. The van der Waals surface area contributed by atoms with E-state index in [4.69, 9.17) is 0 Å². The lowest BCUT2D eigenvalue weighted by atomic mass is 10.8. The predicted octanol–water partition coefficient (Wildman–Crippen LogP) is 2.90. The van der Waals surface area contributed by atoms with E-state index in [1.165, 1.54) is 0 Å². The van der Waals surface area contributed by atoms with E-state index in [9.17, 15) is 0 Å². The van der Waals surface area contributed by atoms with Crippen molar-refractivity contribution in [3.8, 4) is 0 Å². The van der Waals surface area contributed by atoms with Crippen molar-refractivity contribution in [2.24, 2.45) is 0 Å². The Balaban J connectivity index is 0.000000120. The molecule has 0 radical (unpaired) electrons. The van der Waals surface area contributed by atoms with Crippen molar-refractivity contribution < 1.29 is 0 Å². The van der Waals surface area contributed by atoms with Crippen molar-refractivity contribution in [1.29, 1.82) is 0 Å². The van der Waals surface area contributed by atoms with E-state index in [1.807, 2.05) is 24.6 Å². The van der Waals surface area contributed by atoms with Gasteiger partial charge in [-0.1, -0.05) is 0 Å². The first kappa shape index (κ1) is 9.35. The molecule has 0 fully saturated rings. The SMILES string of the molecule is Cc1nccs1.Cc1nccs1. The normalized spacial score (nSPS) is 8.83. The van der Waals surface area contributed by atoms with Gasteiger partial charge in [0.25, 0.3) is 0 Å². The molecule has 0 atom stereocenters. The van der Waals surface area contributed by atoms with Crippen LogP contribution in [0.25, 0.3) is 0 Å². The molecule has 64 valence electrons. The van der Waals surface area contributed by atoms with Crippen LogP contribution in [-0.4, -0.2) is 9.97 Å². The van der Waals surface area contributed by atoms with Gasteiger partial charge in [0, 0.05) is 23.2 Å². The molecule has 0 aliphatic heterocycles. The van der Waals surface area contributed by atoms with Crippen LogP contribution in [0, 0.1) is 13.8 Å². The monoisotopic (exact) mass is 198 g/mol. The Bertz CT molecular complexity index is 254. The summed E-state index contributed by atoms with van der Waals surface area (Å²) in [5, 5.41) is 6.20. The fraction of sp³-hybridized carbons (Fsp3) is 0.250. The van der Waals surface area contributed by atoms with E-state index in [2.05, 4.69) is 9.97 Å². The Hall–Kier alpha value is -0.740. The molecule has 2 nitrogen and oxygen atoms in total. The fourth-order valence-electron chi connectivity index (χ4n) is 0.589. The number of thiazole rings is 2. The minimum absolute atomic E-state index is 1.13. The molecule has 0 amide bonds. The van der Waals surface area contributed by atoms with Gasteiger partial charge in [0.2, 0.25) is 0 Å². The average molecular weight is 198 g/mol. The van der Waals surface area contributed by atoms with Crippen molar-refractivity contribution >= 4 is 22.7 Å². The molecule has 0 aromatic carbocycles. The van der Waals surface area contributed by atoms with Crippen LogP contribution < -0.4 is 0 Å². The van der Waals surface area contributed by atoms with Gasteiger partial charge in [-0.25, -0.2) is 0 Å². The third-order valence-corrected chi connectivity index (χ3v) is 2.52. The van der Waals surface area contributed by atoms with Crippen LogP contribution in [0.4, 0.5) is 0 Å². The molecule has 2 heterocycles. The Kier molecular flexibility index (Phi) is 3.90. The molecular weight excluding hydrogens is 188 g/mol. The Morgan fingerprint density at radius 3 is 1.42 bits per heavy atom. The minimum atomic E-state index is 1.13. The smallest absolute Gasteiger partial charge is 0.0893 e. The second-order valence-corrected chi connectivity index (χ2v) is 4.30. The Morgan fingerprint density at radius 2 is 1.33 bits per heavy atom. The summed E-state index contributed by atoms with van der Waals surface area (Å²) in [6.07, 6.45) is 3.61. The van der Waals surface area contributed by atoms with Crippen molar-refractivity contribution in [2.75, 3.05) is 0 Å². The quantitative estimate of drug-likeness (QED) is 0.650. The number of rotatable bonds is 0. The summed E-state index contributed by atoms with van der Waals surface area (Å²) in [5.74, 6) is 0. The average Bonchev–Trinajstić information content (AvgIpc) is 2.63. The highest BCUT2D eigenvalue weighted by Gasteiger charge is 1.76. The largest absolute Gasteiger partial charge is 0.250 e. The molecule has 0 aliphatic carbocycles. The highest BCUT2D eigenvalue weighted by atomic mass is 32.1. The molecule has 0 unspecified atom stereocenters. The van der Waals surface area contributed by atoms with E-state index < -0.39 is 0 Å². The second-order valence-electron chi connectivity index (χ2n) is 2.10. The first-order valence-electron chi connectivity index (χ1n) is 3.51. The van der Waals surface area contributed by atoms with Crippen LogP contribution in [0.15, 0.2) is 23.2 Å². The molecular formula is C8H10N2S2. The molecule has 2 aromatic heterocycles. The fourth-order valence-corrected chi connectivity index (χ4v) is 1.47. The molecule has 0 saturated carbocycles. The standard InChI is InChI=1S/2C4H5NS/c2*1-4-5-2-3-6-4/h2*2-3H,1H3. The number of nitrogens with zero attached hydrogens (tertiary/aromatic N) is 2. The third kappa shape index (κ3) is 3.59. The van der Waals surface area contributed by atoms with Crippen LogP contribution >= 0.6 is 22.7 Å². The minimum Gasteiger partial charge on any atom is -0.250 e. The number of hydrogen-bond donors (Lipinski definition) is 0. The lowest BCUT2D eigenvalue weighted by molar-refractivity contribution is 1.30. The number of hydrogen-bond acceptors (Lipinski definition) is 4. The summed E-state index contributed by atoms with van der Waals surface area (Å²) in [7, 11) is 0. The van der Waals surface area contributed by atoms with Gasteiger partial charge in [-0.15, -0.1) is 22.7 Å². The lowest BCUT2D eigenvalue weighted by Crippen LogP contribution is -1.56. The van der Waals surface area contributed by atoms with Gasteiger partial charge in [0.1, 0.15) is 0 Å². The molecule has 12 heavy (non-hydrogen) atoms. The highest BCUT2D eigenvalue weighted by molar-refractivity contribution is 7.09. The van der Waals surface area contributed by atoms with Crippen LogP contribution in [-0.2, 0) is 0 Å². The molecule has 0 saturated heterocycles. The van der Waals surface area contributed by atoms with Gasteiger partial charge in [-0.2, -0.15) is 0 Å². The summed E-state index contributed by atoms with van der Waals surface area (Å²) >= 11 is 3.33. The summed E-state index contributed by atoms with van der Waals surface area (Å²) in [6.45, 7) is 3.98. The van der Waals surface area contributed by atoms with Crippen LogP contribution in [0.1, 0.15) is 10.0 Å². The van der Waals surface area contributed by atoms with Gasteiger partial charge >= 0.3 is 0 Å². The van der Waals surface area contributed by atoms with Crippen LogP contribution in [0.5, 0.6) is 0 Å². The van der Waals surface area contributed by atoms with E-state index in [-0.39, 0.29) is 0 Å². The molecule has 4 heteroatoms. The molecule has 2 aromatic rings. The molecule has 2 rings (SSSR count). The van der Waals surface area contributed by atoms with E-state index in [0.717, 1.165) is 10.0 Å². The number of aryl methyl sites for hydroxylation is 2. The summed E-state index contributed by atoms with van der Waals surface area (Å²) in [4.78, 5) is 7.87. The first-order chi connectivity index (χ1) is 5.79. The van der Waals surface area contributed by atoms with Gasteiger partial charge < -0.3 is 0 Å². The maximum absolute atomic E-state index is 3.94. The van der Waals surface area contributed by atoms with E-state index >= 15 is 0 Å². The van der Waals surface area contributed by atoms with Crippen molar-refractivity contribution in [2.45, 2.75) is 13.8 Å². The zero-order valence-corrected chi connectivity index (χ0v) is 8.65. The Morgan fingerprint density at radius 1 is 0.917 bits per heavy atom. The van der Waals surface area contributed by atoms with Gasteiger partial charge in [0.05, 0.1) is 10.0 Å². The Labute approximate surface area is 79.9 Å². The molecule has 0 bridgehead atoms. The maximum Gasteiger partial charge on any atom is 0.0893 e. The lowest BCUT2D eigenvalue weighted by Gasteiger charge is -1.65. The van der Waals surface area contributed by atoms with Gasteiger partial charge in [0.15, 0.2) is 0 Å². The maximum atomic E-state index is 3.94. The van der Waals surface area contributed by atoms with Crippen LogP contribution in [0.2, 0.25) is 0 Å². The van der Waals surface area contributed by atoms with E-state index in [1.54, 1.807) is 35.1 Å². The zero-order valence-electron chi connectivity index (χ0n) is 7.02. The molecule has 0 N–H and O–H groups in total. The molecule has 0 aliphatic rings. The van der Waals surface area contributed by atoms with Gasteiger partial charge in [-0.3, -0.25) is 9.97 Å². The third-order valence-electron chi connectivity index (χ3n) is 1.11. The topological polar surface area (TPSA) is 25.8 Å².